The highest BCUT2D eigenvalue weighted by molar-refractivity contribution is 5.83. The summed E-state index contributed by atoms with van der Waals surface area (Å²) in [7, 11) is 5.08. The van der Waals surface area contributed by atoms with Crippen LogP contribution < -0.4 is 20.1 Å². The van der Waals surface area contributed by atoms with Crippen molar-refractivity contribution < 1.29 is 14.6 Å². The van der Waals surface area contributed by atoms with E-state index in [1.165, 1.54) is 0 Å². The van der Waals surface area contributed by atoms with E-state index in [2.05, 4.69) is 26.9 Å². The van der Waals surface area contributed by atoms with Gasteiger partial charge in [0.15, 0.2) is 0 Å². The van der Waals surface area contributed by atoms with E-state index in [9.17, 15) is 5.11 Å². The Labute approximate surface area is 225 Å². The predicted molar refractivity (Wildman–Crippen MR) is 149 cm³/mol. The molecule has 0 spiro atoms. The summed E-state index contributed by atoms with van der Waals surface area (Å²) in [5.74, 6) is 7.55. The van der Waals surface area contributed by atoms with E-state index in [1.54, 1.807) is 49.6 Å². The number of nitrogens with zero attached hydrogens (tertiary/aromatic N) is 6. The number of aryl methyl sites for hydroxylation is 1. The minimum atomic E-state index is -1.09. The molecule has 196 valence electrons. The van der Waals surface area contributed by atoms with Crippen LogP contribution >= 0.6 is 0 Å². The van der Waals surface area contributed by atoms with Crippen molar-refractivity contribution in [2.24, 2.45) is 12.8 Å². The van der Waals surface area contributed by atoms with Crippen molar-refractivity contribution in [2.45, 2.75) is 6.23 Å². The first kappa shape index (κ1) is 25.7. The number of aliphatic hydroxyl groups excluding tert-OH is 1. The summed E-state index contributed by atoms with van der Waals surface area (Å²) in [6.45, 7) is 0.314. The van der Waals surface area contributed by atoms with Crippen LogP contribution in [0.2, 0.25) is 0 Å². The minimum absolute atomic E-state index is 0.314. The predicted octanol–water partition coefficient (Wildman–Crippen LogP) is 3.58. The molecule has 0 aliphatic heterocycles. The molecule has 1 unspecified atom stereocenters. The van der Waals surface area contributed by atoms with Gasteiger partial charge < -0.3 is 25.2 Å². The summed E-state index contributed by atoms with van der Waals surface area (Å²) in [5, 5.41) is 13.9. The zero-order chi connectivity index (χ0) is 27.4. The average molecular weight is 522 g/mol. The second kappa shape index (κ2) is 11.2. The maximum Gasteiger partial charge on any atom is 0.128 e. The summed E-state index contributed by atoms with van der Waals surface area (Å²) in [6.07, 6.45) is 5.88. The van der Waals surface area contributed by atoms with Crippen LogP contribution in [-0.4, -0.2) is 50.6 Å². The first-order chi connectivity index (χ1) is 18.9. The topological polar surface area (TPSA) is 124 Å². The second-order valence-corrected chi connectivity index (χ2v) is 8.71. The largest absolute Gasteiger partial charge is 0.497 e. The molecule has 0 bridgehead atoms. The van der Waals surface area contributed by atoms with E-state index in [1.807, 2.05) is 54.5 Å². The van der Waals surface area contributed by atoms with Gasteiger partial charge in [0, 0.05) is 54.6 Å². The first-order valence-electron chi connectivity index (χ1n) is 12.1. The maximum absolute atomic E-state index is 9.69. The Hall–Kier alpha value is -4.98. The molecular weight excluding hydrogens is 494 g/mol. The number of aliphatic hydroxyl groups is 1. The minimum Gasteiger partial charge on any atom is -0.497 e. The fourth-order valence-electron chi connectivity index (χ4n) is 4.05. The lowest BCUT2D eigenvalue weighted by molar-refractivity contribution is 0.186. The van der Waals surface area contributed by atoms with Gasteiger partial charge in [-0.1, -0.05) is 5.92 Å². The number of hydrogen-bond acceptors (Lipinski definition) is 9. The van der Waals surface area contributed by atoms with Gasteiger partial charge in [-0.2, -0.15) is 5.10 Å². The summed E-state index contributed by atoms with van der Waals surface area (Å²) >= 11 is 0. The van der Waals surface area contributed by atoms with Crippen LogP contribution in [0.25, 0.3) is 22.3 Å². The molecule has 0 aliphatic rings. The van der Waals surface area contributed by atoms with Gasteiger partial charge in [-0.25, -0.2) is 9.97 Å². The molecule has 10 nitrogen and oxygen atoms in total. The molecule has 3 heterocycles. The fraction of sp³-hybridized carbons (Fsp3) is 0.172. The standard InChI is InChI=1S/C29H27N7O3/c1-35-18-20(16-33-35)28-17-32-26-7-6-22(14-27(26)34-28)36(23-12-24(38-2)15-25(13-23)39-3)10-4-5-21-11-19(29(30)37)8-9-31-21/h6-9,11-18,29,37H,10,30H2,1-3H3. The summed E-state index contributed by atoms with van der Waals surface area (Å²) in [6, 6.07) is 14.8. The van der Waals surface area contributed by atoms with Crippen molar-refractivity contribution >= 4 is 22.4 Å². The lowest BCUT2D eigenvalue weighted by atomic mass is 10.2. The maximum atomic E-state index is 9.69. The number of anilines is 2. The van der Waals surface area contributed by atoms with E-state index < -0.39 is 6.23 Å². The van der Waals surface area contributed by atoms with Crippen molar-refractivity contribution in [1.29, 1.82) is 0 Å². The first-order valence-corrected chi connectivity index (χ1v) is 12.1. The monoisotopic (exact) mass is 521 g/mol. The van der Waals surface area contributed by atoms with Crippen LogP contribution in [0.5, 0.6) is 11.5 Å². The number of benzene rings is 2. The van der Waals surface area contributed by atoms with Crippen LogP contribution in [0.15, 0.2) is 73.3 Å². The van der Waals surface area contributed by atoms with E-state index >= 15 is 0 Å². The average Bonchev–Trinajstić information content (AvgIpc) is 3.40. The van der Waals surface area contributed by atoms with Crippen molar-refractivity contribution in [3.05, 3.63) is 84.6 Å². The van der Waals surface area contributed by atoms with Gasteiger partial charge in [0.05, 0.1) is 49.9 Å². The van der Waals surface area contributed by atoms with Crippen LogP contribution in [0.3, 0.4) is 0 Å². The van der Waals surface area contributed by atoms with Crippen LogP contribution in [0.1, 0.15) is 17.5 Å². The van der Waals surface area contributed by atoms with Crippen LogP contribution in [0, 0.1) is 11.8 Å². The lowest BCUT2D eigenvalue weighted by Crippen LogP contribution is -2.17. The summed E-state index contributed by atoms with van der Waals surface area (Å²) < 4.78 is 12.8. The Balaban J connectivity index is 1.56. The smallest absolute Gasteiger partial charge is 0.128 e. The van der Waals surface area contributed by atoms with Crippen LogP contribution in [0.4, 0.5) is 11.4 Å². The molecule has 0 saturated carbocycles. The zero-order valence-electron chi connectivity index (χ0n) is 21.7. The highest BCUT2D eigenvalue weighted by Gasteiger charge is 2.14. The van der Waals surface area contributed by atoms with Gasteiger partial charge >= 0.3 is 0 Å². The van der Waals surface area contributed by atoms with E-state index in [0.29, 0.717) is 29.3 Å². The lowest BCUT2D eigenvalue weighted by Gasteiger charge is -2.24. The molecular formula is C29H27N7O3. The van der Waals surface area contributed by atoms with Crippen molar-refractivity contribution in [2.75, 3.05) is 25.7 Å². The van der Waals surface area contributed by atoms with Crippen molar-refractivity contribution in [3.8, 4) is 34.6 Å². The number of ether oxygens (including phenoxy) is 2. The van der Waals surface area contributed by atoms with Crippen molar-refractivity contribution in [3.63, 3.8) is 0 Å². The molecule has 0 radical (unpaired) electrons. The molecule has 1 atom stereocenters. The number of pyridine rings is 1. The summed E-state index contributed by atoms with van der Waals surface area (Å²) in [4.78, 5) is 15.7. The highest BCUT2D eigenvalue weighted by atomic mass is 16.5. The molecule has 39 heavy (non-hydrogen) atoms. The van der Waals surface area contributed by atoms with Gasteiger partial charge in [-0.15, -0.1) is 0 Å². The van der Waals surface area contributed by atoms with Gasteiger partial charge in [0.25, 0.3) is 0 Å². The van der Waals surface area contributed by atoms with Gasteiger partial charge in [-0.05, 0) is 41.8 Å². The number of nitrogens with two attached hydrogens (primary N) is 1. The fourth-order valence-corrected chi connectivity index (χ4v) is 4.05. The molecule has 5 aromatic rings. The van der Waals surface area contributed by atoms with Gasteiger partial charge in [0.1, 0.15) is 23.4 Å². The molecule has 3 N–H and O–H groups in total. The van der Waals surface area contributed by atoms with E-state index in [4.69, 9.17) is 20.2 Å². The Kier molecular flexibility index (Phi) is 7.36. The highest BCUT2D eigenvalue weighted by Crippen LogP contribution is 2.34. The normalized spacial score (nSPS) is 11.5. The molecule has 2 aromatic carbocycles. The molecule has 0 saturated heterocycles. The Morgan fingerprint density at radius 1 is 0.974 bits per heavy atom. The Morgan fingerprint density at radius 3 is 2.46 bits per heavy atom. The van der Waals surface area contributed by atoms with Crippen LogP contribution in [-0.2, 0) is 7.05 Å². The zero-order valence-corrected chi connectivity index (χ0v) is 21.7. The number of aromatic nitrogens is 5. The number of hydrogen-bond donors (Lipinski definition) is 2. The molecule has 3 aromatic heterocycles. The third-order valence-electron chi connectivity index (χ3n) is 6.07. The van der Waals surface area contributed by atoms with E-state index in [-0.39, 0.29) is 0 Å². The molecule has 10 heteroatoms. The molecule has 0 amide bonds. The third-order valence-corrected chi connectivity index (χ3v) is 6.07. The Bertz CT molecular complexity index is 1670. The Morgan fingerprint density at radius 2 is 1.77 bits per heavy atom. The third kappa shape index (κ3) is 5.80. The molecule has 5 rings (SSSR count). The van der Waals surface area contributed by atoms with Crippen molar-refractivity contribution in [1.82, 2.24) is 24.7 Å². The second-order valence-electron chi connectivity index (χ2n) is 8.71. The number of fused-ring (bicyclic) bond motifs is 1. The molecule has 0 fully saturated rings. The van der Waals surface area contributed by atoms with E-state index in [0.717, 1.165) is 33.7 Å². The quantitative estimate of drug-likeness (QED) is 0.244. The summed E-state index contributed by atoms with van der Waals surface area (Å²) in [5.41, 5.74) is 11.4. The van der Waals surface area contributed by atoms with Gasteiger partial charge in [0.2, 0.25) is 0 Å². The van der Waals surface area contributed by atoms with Gasteiger partial charge in [-0.3, -0.25) is 9.67 Å². The molecule has 0 aliphatic carbocycles. The number of rotatable bonds is 7. The number of methoxy groups -OCH3 is 2. The SMILES string of the molecule is COc1cc(OC)cc(N(CC#Cc2cc(C(N)O)ccn2)c2ccc3ncc(-c4cnn(C)c4)nc3c2)c1.